The standard InChI is InChI=1S/C30H30N2O5S/c1-22-14-17-26(18-15-22)38(34,35)32(27-20-25(36-2)16-19-28(27)37-3)21-29(33)31-30(23-10-6-4-7-11-23)24-12-8-5-9-13-24/h4-20,30H,21H2,1-3H3,(H,31,33). The molecule has 0 saturated heterocycles. The van der Waals surface area contributed by atoms with Crippen LogP contribution >= 0.6 is 0 Å². The highest BCUT2D eigenvalue weighted by atomic mass is 32.2. The molecule has 1 amide bonds. The third-order valence-corrected chi connectivity index (χ3v) is 7.90. The predicted molar refractivity (Wildman–Crippen MR) is 148 cm³/mol. The van der Waals surface area contributed by atoms with Gasteiger partial charge in [-0.2, -0.15) is 0 Å². The molecule has 1 N–H and O–H groups in total. The van der Waals surface area contributed by atoms with Crippen LogP contribution in [0.4, 0.5) is 5.69 Å². The smallest absolute Gasteiger partial charge is 0.264 e. The molecule has 0 radical (unpaired) electrons. The number of aryl methyl sites for hydroxylation is 1. The van der Waals surface area contributed by atoms with Gasteiger partial charge in [-0.05, 0) is 42.3 Å². The topological polar surface area (TPSA) is 84.9 Å². The molecule has 7 nitrogen and oxygen atoms in total. The zero-order valence-electron chi connectivity index (χ0n) is 21.5. The lowest BCUT2D eigenvalue weighted by Crippen LogP contribution is -2.42. The number of carbonyl (C=O) groups excluding carboxylic acids is 1. The van der Waals surface area contributed by atoms with E-state index < -0.39 is 28.5 Å². The Balaban J connectivity index is 1.75. The second kappa shape index (κ2) is 11.8. The summed E-state index contributed by atoms with van der Waals surface area (Å²) < 4.78 is 39.7. The lowest BCUT2D eigenvalue weighted by Gasteiger charge is -2.27. The van der Waals surface area contributed by atoms with Gasteiger partial charge in [0.05, 0.1) is 30.8 Å². The Hall–Kier alpha value is -4.30. The highest BCUT2D eigenvalue weighted by molar-refractivity contribution is 7.92. The van der Waals surface area contributed by atoms with Gasteiger partial charge < -0.3 is 14.8 Å². The van der Waals surface area contributed by atoms with Crippen molar-refractivity contribution in [3.63, 3.8) is 0 Å². The molecule has 0 bridgehead atoms. The summed E-state index contributed by atoms with van der Waals surface area (Å²) in [5, 5.41) is 3.03. The fraction of sp³-hybridized carbons (Fsp3) is 0.167. The molecule has 0 atom stereocenters. The lowest BCUT2D eigenvalue weighted by atomic mass is 9.99. The second-order valence-electron chi connectivity index (χ2n) is 8.68. The molecule has 0 fully saturated rings. The van der Waals surface area contributed by atoms with E-state index in [0.717, 1.165) is 21.0 Å². The van der Waals surface area contributed by atoms with Gasteiger partial charge in [0.1, 0.15) is 18.0 Å². The number of methoxy groups -OCH3 is 2. The van der Waals surface area contributed by atoms with Crippen LogP contribution in [0.1, 0.15) is 22.7 Å². The van der Waals surface area contributed by atoms with Crippen molar-refractivity contribution in [3.8, 4) is 11.5 Å². The summed E-state index contributed by atoms with van der Waals surface area (Å²) >= 11 is 0. The van der Waals surface area contributed by atoms with Gasteiger partial charge in [0, 0.05) is 6.07 Å². The molecule has 0 saturated carbocycles. The number of nitrogens with one attached hydrogen (secondary N) is 1. The third-order valence-electron chi connectivity index (χ3n) is 6.12. The number of nitrogens with zero attached hydrogens (tertiary/aromatic N) is 1. The number of rotatable bonds is 10. The zero-order valence-corrected chi connectivity index (χ0v) is 22.3. The first-order chi connectivity index (χ1) is 18.3. The first-order valence-electron chi connectivity index (χ1n) is 12.0. The number of hydrogen-bond donors (Lipinski definition) is 1. The average molecular weight is 531 g/mol. The number of anilines is 1. The average Bonchev–Trinajstić information content (AvgIpc) is 2.95. The largest absolute Gasteiger partial charge is 0.497 e. The highest BCUT2D eigenvalue weighted by Crippen LogP contribution is 2.36. The lowest BCUT2D eigenvalue weighted by molar-refractivity contribution is -0.120. The maximum absolute atomic E-state index is 13.9. The van der Waals surface area contributed by atoms with E-state index in [1.165, 1.54) is 26.4 Å². The fourth-order valence-electron chi connectivity index (χ4n) is 4.12. The van der Waals surface area contributed by atoms with Crippen molar-refractivity contribution in [1.82, 2.24) is 5.32 Å². The van der Waals surface area contributed by atoms with Crippen molar-refractivity contribution in [3.05, 3.63) is 120 Å². The summed E-state index contributed by atoms with van der Waals surface area (Å²) in [6.45, 7) is 1.40. The van der Waals surface area contributed by atoms with Crippen LogP contribution in [0.25, 0.3) is 0 Å². The molecular formula is C30H30N2O5S. The van der Waals surface area contributed by atoms with Gasteiger partial charge in [-0.3, -0.25) is 9.10 Å². The van der Waals surface area contributed by atoms with Crippen molar-refractivity contribution < 1.29 is 22.7 Å². The van der Waals surface area contributed by atoms with Crippen LogP contribution in [-0.4, -0.2) is 35.1 Å². The molecule has 0 spiro atoms. The van der Waals surface area contributed by atoms with Gasteiger partial charge in [0.25, 0.3) is 10.0 Å². The molecular weight excluding hydrogens is 500 g/mol. The monoisotopic (exact) mass is 530 g/mol. The zero-order chi connectivity index (χ0) is 27.1. The SMILES string of the molecule is COc1ccc(OC)c(N(CC(=O)NC(c2ccccc2)c2ccccc2)S(=O)(=O)c2ccc(C)cc2)c1. The van der Waals surface area contributed by atoms with Crippen LogP contribution in [0, 0.1) is 6.92 Å². The minimum atomic E-state index is -4.15. The van der Waals surface area contributed by atoms with E-state index in [1.54, 1.807) is 30.3 Å². The van der Waals surface area contributed by atoms with Crippen molar-refractivity contribution in [2.24, 2.45) is 0 Å². The summed E-state index contributed by atoms with van der Waals surface area (Å²) in [6, 6.07) is 29.9. The summed E-state index contributed by atoms with van der Waals surface area (Å²) in [5.74, 6) is 0.233. The Kier molecular flexibility index (Phi) is 8.33. The van der Waals surface area contributed by atoms with E-state index in [0.29, 0.717) is 5.75 Å². The van der Waals surface area contributed by atoms with Crippen LogP contribution in [0.15, 0.2) is 108 Å². The molecule has 38 heavy (non-hydrogen) atoms. The molecule has 196 valence electrons. The van der Waals surface area contributed by atoms with Crippen LogP contribution in [0.2, 0.25) is 0 Å². The molecule has 4 rings (SSSR count). The Morgan fingerprint density at radius 1 is 0.816 bits per heavy atom. The molecule has 0 aromatic heterocycles. The molecule has 4 aromatic rings. The van der Waals surface area contributed by atoms with E-state index in [-0.39, 0.29) is 16.3 Å². The fourth-order valence-corrected chi connectivity index (χ4v) is 5.54. The Bertz CT molecular complexity index is 1440. The number of ether oxygens (including phenoxy) is 2. The maximum atomic E-state index is 13.9. The first-order valence-corrected chi connectivity index (χ1v) is 13.5. The van der Waals surface area contributed by atoms with E-state index in [4.69, 9.17) is 9.47 Å². The van der Waals surface area contributed by atoms with Crippen LogP contribution in [0.3, 0.4) is 0 Å². The van der Waals surface area contributed by atoms with Gasteiger partial charge in [-0.1, -0.05) is 78.4 Å². The normalized spacial score (nSPS) is 11.2. The summed E-state index contributed by atoms with van der Waals surface area (Å²) in [4.78, 5) is 13.6. The first kappa shape index (κ1) is 26.8. The van der Waals surface area contributed by atoms with Crippen LogP contribution in [0.5, 0.6) is 11.5 Å². The van der Waals surface area contributed by atoms with Crippen molar-refractivity contribution >= 4 is 21.6 Å². The molecule has 4 aromatic carbocycles. The number of carbonyl (C=O) groups is 1. The number of amides is 1. The Morgan fingerprint density at radius 2 is 1.39 bits per heavy atom. The molecule has 0 aliphatic rings. The van der Waals surface area contributed by atoms with E-state index in [1.807, 2.05) is 67.6 Å². The minimum absolute atomic E-state index is 0.0587. The molecule has 0 aliphatic carbocycles. The number of sulfonamides is 1. The van der Waals surface area contributed by atoms with Crippen molar-refractivity contribution in [2.45, 2.75) is 17.9 Å². The van der Waals surface area contributed by atoms with E-state index >= 15 is 0 Å². The number of benzene rings is 4. The highest BCUT2D eigenvalue weighted by Gasteiger charge is 2.31. The van der Waals surface area contributed by atoms with E-state index in [2.05, 4.69) is 5.32 Å². The minimum Gasteiger partial charge on any atom is -0.497 e. The van der Waals surface area contributed by atoms with Gasteiger partial charge in [0.15, 0.2) is 0 Å². The Labute approximate surface area is 223 Å². The quantitative estimate of drug-likeness (QED) is 0.308. The third kappa shape index (κ3) is 5.98. The second-order valence-corrected chi connectivity index (χ2v) is 10.5. The van der Waals surface area contributed by atoms with Crippen molar-refractivity contribution in [1.29, 1.82) is 0 Å². The Morgan fingerprint density at radius 3 is 1.92 bits per heavy atom. The van der Waals surface area contributed by atoms with Crippen LogP contribution < -0.4 is 19.1 Å². The van der Waals surface area contributed by atoms with Gasteiger partial charge in [-0.25, -0.2) is 8.42 Å². The van der Waals surface area contributed by atoms with Crippen LogP contribution in [-0.2, 0) is 14.8 Å². The summed E-state index contributed by atoms with van der Waals surface area (Å²) in [6.07, 6.45) is 0. The molecule has 0 heterocycles. The predicted octanol–water partition coefficient (Wildman–Crippen LogP) is 5.11. The van der Waals surface area contributed by atoms with Gasteiger partial charge in [-0.15, -0.1) is 0 Å². The van der Waals surface area contributed by atoms with Gasteiger partial charge in [0.2, 0.25) is 5.91 Å². The number of hydrogen-bond acceptors (Lipinski definition) is 5. The van der Waals surface area contributed by atoms with Crippen molar-refractivity contribution in [2.75, 3.05) is 25.1 Å². The maximum Gasteiger partial charge on any atom is 0.264 e. The van der Waals surface area contributed by atoms with Gasteiger partial charge >= 0.3 is 0 Å². The van der Waals surface area contributed by atoms with E-state index in [9.17, 15) is 13.2 Å². The molecule has 0 aliphatic heterocycles. The molecule has 8 heteroatoms. The summed E-state index contributed by atoms with van der Waals surface area (Å²) in [7, 11) is -1.22. The summed E-state index contributed by atoms with van der Waals surface area (Å²) in [5.41, 5.74) is 2.86. The molecule has 0 unspecified atom stereocenters.